The van der Waals surface area contributed by atoms with Gasteiger partial charge in [-0.25, -0.2) is 4.39 Å². The molecule has 2 N–H and O–H groups in total. The summed E-state index contributed by atoms with van der Waals surface area (Å²) in [5.41, 5.74) is 6.49. The Morgan fingerprint density at radius 1 is 1.60 bits per heavy atom. The van der Waals surface area contributed by atoms with Crippen molar-refractivity contribution in [3.8, 4) is 0 Å². The van der Waals surface area contributed by atoms with Gasteiger partial charge in [-0.3, -0.25) is 4.79 Å². The van der Waals surface area contributed by atoms with Crippen molar-refractivity contribution < 1.29 is 13.9 Å². The quantitative estimate of drug-likeness (QED) is 0.763. The van der Waals surface area contributed by atoms with Gasteiger partial charge >= 0.3 is 5.97 Å². The Bertz CT molecular complexity index is 341. The fourth-order valence-electron chi connectivity index (χ4n) is 1.34. The summed E-state index contributed by atoms with van der Waals surface area (Å²) >= 11 is 0. The topological polar surface area (TPSA) is 52.3 Å². The maximum Gasteiger partial charge on any atom is 0.307 e. The number of carbonyl (C=O) groups excluding carboxylic acids is 1. The van der Waals surface area contributed by atoms with Gasteiger partial charge in [0.15, 0.2) is 0 Å². The van der Waals surface area contributed by atoms with Crippen molar-refractivity contribution in [1.29, 1.82) is 0 Å². The van der Waals surface area contributed by atoms with Crippen LogP contribution in [-0.4, -0.2) is 19.1 Å². The number of ether oxygens (including phenoxy) is 1. The van der Waals surface area contributed by atoms with Crippen LogP contribution in [0.15, 0.2) is 24.3 Å². The molecule has 0 aromatic heterocycles. The first-order valence-corrected chi connectivity index (χ1v) is 4.68. The van der Waals surface area contributed by atoms with Gasteiger partial charge in [0, 0.05) is 6.04 Å². The molecule has 82 valence electrons. The Morgan fingerprint density at radius 3 is 2.93 bits per heavy atom. The molecule has 0 spiro atoms. The summed E-state index contributed by atoms with van der Waals surface area (Å²) in [5, 5.41) is 0. The number of halogens is 1. The molecule has 15 heavy (non-hydrogen) atoms. The molecule has 0 radical (unpaired) electrons. The fraction of sp³-hybridized carbons (Fsp3) is 0.364. The number of carbonyl (C=O) groups is 1. The third-order valence-electron chi connectivity index (χ3n) is 2.04. The van der Waals surface area contributed by atoms with E-state index in [1.807, 2.05) is 0 Å². The summed E-state index contributed by atoms with van der Waals surface area (Å²) in [4.78, 5) is 10.9. The number of rotatable bonds is 4. The van der Waals surface area contributed by atoms with Crippen molar-refractivity contribution >= 4 is 5.97 Å². The van der Waals surface area contributed by atoms with Gasteiger partial charge in [-0.05, 0) is 24.1 Å². The predicted molar refractivity (Wildman–Crippen MR) is 54.7 cm³/mol. The zero-order chi connectivity index (χ0) is 11.3. The Labute approximate surface area is 88.0 Å². The standard InChI is InChI=1S/C11H14FNO2/c1-15-11(14)7-10(13)6-8-3-2-4-9(12)5-8/h2-5,10H,6-7,13H2,1H3/t10-/m0/s1. The number of hydrogen-bond acceptors (Lipinski definition) is 3. The highest BCUT2D eigenvalue weighted by molar-refractivity contribution is 5.69. The third-order valence-corrected chi connectivity index (χ3v) is 2.04. The third kappa shape index (κ3) is 4.08. The second-order valence-corrected chi connectivity index (χ2v) is 3.37. The lowest BCUT2D eigenvalue weighted by atomic mass is 10.0. The van der Waals surface area contributed by atoms with E-state index in [0.29, 0.717) is 6.42 Å². The molecule has 0 aliphatic heterocycles. The molecular weight excluding hydrogens is 197 g/mol. The van der Waals surface area contributed by atoms with Crippen LogP contribution in [0, 0.1) is 5.82 Å². The van der Waals surface area contributed by atoms with Crippen molar-refractivity contribution in [3.05, 3.63) is 35.6 Å². The van der Waals surface area contributed by atoms with Crippen molar-refractivity contribution in [1.82, 2.24) is 0 Å². The second kappa shape index (κ2) is 5.46. The first kappa shape index (κ1) is 11.7. The molecule has 1 rings (SSSR count). The molecule has 1 aromatic carbocycles. The van der Waals surface area contributed by atoms with E-state index >= 15 is 0 Å². The van der Waals surface area contributed by atoms with Crippen LogP contribution >= 0.6 is 0 Å². The molecule has 0 bridgehead atoms. The minimum absolute atomic E-state index is 0.146. The molecule has 0 amide bonds. The van der Waals surface area contributed by atoms with Crippen LogP contribution < -0.4 is 5.73 Å². The maximum atomic E-state index is 12.8. The first-order valence-electron chi connectivity index (χ1n) is 4.68. The van der Waals surface area contributed by atoms with Crippen molar-refractivity contribution in [2.45, 2.75) is 18.9 Å². The molecule has 0 heterocycles. The van der Waals surface area contributed by atoms with Gasteiger partial charge in [0.05, 0.1) is 13.5 Å². The van der Waals surface area contributed by atoms with E-state index in [4.69, 9.17) is 5.73 Å². The van der Waals surface area contributed by atoms with Gasteiger partial charge in [-0.15, -0.1) is 0 Å². The van der Waals surface area contributed by atoms with Gasteiger partial charge in [-0.2, -0.15) is 0 Å². The minimum atomic E-state index is -0.348. The predicted octanol–water partition coefficient (Wildman–Crippen LogP) is 1.26. The highest BCUT2D eigenvalue weighted by atomic mass is 19.1. The normalized spacial score (nSPS) is 12.2. The smallest absolute Gasteiger partial charge is 0.307 e. The van der Waals surface area contributed by atoms with E-state index in [9.17, 15) is 9.18 Å². The largest absolute Gasteiger partial charge is 0.469 e. The zero-order valence-corrected chi connectivity index (χ0v) is 8.57. The van der Waals surface area contributed by atoms with Crippen LogP contribution in [0.2, 0.25) is 0 Å². The zero-order valence-electron chi connectivity index (χ0n) is 8.57. The average Bonchev–Trinajstić information content (AvgIpc) is 2.17. The lowest BCUT2D eigenvalue weighted by Crippen LogP contribution is -2.26. The molecule has 0 aliphatic carbocycles. The number of hydrogen-bond donors (Lipinski definition) is 1. The number of methoxy groups -OCH3 is 1. The van der Waals surface area contributed by atoms with Gasteiger partial charge in [0.1, 0.15) is 5.82 Å². The van der Waals surface area contributed by atoms with Crippen LogP contribution in [0.3, 0.4) is 0 Å². The van der Waals surface area contributed by atoms with E-state index in [2.05, 4.69) is 4.74 Å². The SMILES string of the molecule is COC(=O)C[C@@H](N)Cc1cccc(F)c1. The summed E-state index contributed by atoms with van der Waals surface area (Å²) in [6, 6.07) is 5.85. The fourth-order valence-corrected chi connectivity index (χ4v) is 1.34. The van der Waals surface area contributed by atoms with E-state index in [0.717, 1.165) is 5.56 Å². The molecule has 0 aliphatic rings. The van der Waals surface area contributed by atoms with E-state index in [1.54, 1.807) is 12.1 Å². The van der Waals surface area contributed by atoms with Crippen molar-refractivity contribution in [3.63, 3.8) is 0 Å². The summed E-state index contributed by atoms with van der Waals surface area (Å²) in [6.45, 7) is 0. The number of esters is 1. The molecule has 0 saturated heterocycles. The van der Waals surface area contributed by atoms with Crippen LogP contribution in [0.25, 0.3) is 0 Å². The van der Waals surface area contributed by atoms with Gasteiger partial charge in [0.2, 0.25) is 0 Å². The summed E-state index contributed by atoms with van der Waals surface area (Å²) in [5.74, 6) is -0.642. The van der Waals surface area contributed by atoms with Crippen LogP contribution in [0.4, 0.5) is 4.39 Å². The highest BCUT2D eigenvalue weighted by Gasteiger charge is 2.10. The maximum absolute atomic E-state index is 12.8. The molecular formula is C11H14FNO2. The summed E-state index contributed by atoms with van der Waals surface area (Å²) in [6.07, 6.45) is 0.611. The minimum Gasteiger partial charge on any atom is -0.469 e. The molecule has 0 unspecified atom stereocenters. The summed E-state index contributed by atoms with van der Waals surface area (Å²) < 4.78 is 17.3. The molecule has 0 saturated carbocycles. The van der Waals surface area contributed by atoms with Crippen LogP contribution in [-0.2, 0) is 16.0 Å². The molecule has 3 nitrogen and oxygen atoms in total. The van der Waals surface area contributed by atoms with E-state index in [1.165, 1.54) is 19.2 Å². The van der Waals surface area contributed by atoms with Crippen LogP contribution in [0.1, 0.15) is 12.0 Å². The Hall–Kier alpha value is -1.42. The molecule has 1 aromatic rings. The first-order chi connectivity index (χ1) is 7.11. The average molecular weight is 211 g/mol. The molecule has 4 heteroatoms. The molecule has 0 fully saturated rings. The van der Waals surface area contributed by atoms with Gasteiger partial charge in [-0.1, -0.05) is 12.1 Å². The lowest BCUT2D eigenvalue weighted by Gasteiger charge is -2.09. The highest BCUT2D eigenvalue weighted by Crippen LogP contribution is 2.07. The van der Waals surface area contributed by atoms with Gasteiger partial charge in [0.25, 0.3) is 0 Å². The van der Waals surface area contributed by atoms with Crippen LogP contribution in [0.5, 0.6) is 0 Å². The Kier molecular flexibility index (Phi) is 4.24. The molecule has 1 atom stereocenters. The Balaban J connectivity index is 2.51. The number of nitrogens with two attached hydrogens (primary N) is 1. The number of benzene rings is 1. The summed E-state index contributed by atoms with van der Waals surface area (Å²) in [7, 11) is 1.32. The van der Waals surface area contributed by atoms with E-state index < -0.39 is 0 Å². The van der Waals surface area contributed by atoms with Crippen molar-refractivity contribution in [2.24, 2.45) is 5.73 Å². The van der Waals surface area contributed by atoms with E-state index in [-0.39, 0.29) is 24.2 Å². The van der Waals surface area contributed by atoms with Gasteiger partial charge < -0.3 is 10.5 Å². The van der Waals surface area contributed by atoms with Crippen molar-refractivity contribution in [2.75, 3.05) is 7.11 Å². The Morgan fingerprint density at radius 2 is 2.33 bits per heavy atom. The lowest BCUT2D eigenvalue weighted by molar-refractivity contribution is -0.140. The monoisotopic (exact) mass is 211 g/mol. The second-order valence-electron chi connectivity index (χ2n) is 3.37.